The van der Waals surface area contributed by atoms with Gasteiger partial charge in [-0.15, -0.1) is 0 Å². The van der Waals surface area contributed by atoms with Gasteiger partial charge in [0.2, 0.25) is 0 Å². The van der Waals surface area contributed by atoms with Crippen LogP contribution in [0.2, 0.25) is 0 Å². The highest BCUT2D eigenvalue weighted by Gasteiger charge is 2.34. The Kier molecular flexibility index (Phi) is 7.36. The number of benzene rings is 2. The van der Waals surface area contributed by atoms with E-state index >= 15 is 0 Å². The van der Waals surface area contributed by atoms with Crippen LogP contribution in [-0.4, -0.2) is 17.3 Å². The molecule has 0 radical (unpaired) electrons. The number of carboxylic acids is 1. The van der Waals surface area contributed by atoms with Gasteiger partial charge in [-0.05, 0) is 60.7 Å². The van der Waals surface area contributed by atoms with Crippen LogP contribution in [0.25, 0.3) is 6.08 Å². The van der Waals surface area contributed by atoms with Crippen molar-refractivity contribution in [2.24, 2.45) is 0 Å². The van der Waals surface area contributed by atoms with Crippen LogP contribution in [0.1, 0.15) is 36.0 Å². The molecule has 8 heteroatoms. The molecule has 0 bridgehead atoms. The van der Waals surface area contributed by atoms with Gasteiger partial charge in [-0.2, -0.15) is 22.0 Å². The van der Waals surface area contributed by atoms with Crippen molar-refractivity contribution in [3.8, 4) is 5.75 Å². The summed E-state index contributed by atoms with van der Waals surface area (Å²) in [6.45, 7) is 0. The lowest BCUT2D eigenvalue weighted by Gasteiger charge is -2.18. The van der Waals surface area contributed by atoms with Crippen molar-refractivity contribution in [2.45, 2.75) is 38.0 Å². The number of ether oxygens (including phenoxy) is 1. The molecule has 0 aliphatic heterocycles. The third-order valence-corrected chi connectivity index (χ3v) is 4.01. The summed E-state index contributed by atoms with van der Waals surface area (Å²) in [5.74, 6) is -1.23. The third-order valence-electron chi connectivity index (χ3n) is 4.01. The zero-order valence-corrected chi connectivity index (χ0v) is 15.3. The number of aliphatic carboxylic acids is 1. The van der Waals surface area contributed by atoms with Crippen molar-refractivity contribution in [1.29, 1.82) is 0 Å². The minimum absolute atomic E-state index is 0.0114. The van der Waals surface area contributed by atoms with E-state index in [1.807, 2.05) is 0 Å². The van der Waals surface area contributed by atoms with Crippen LogP contribution in [-0.2, 0) is 17.3 Å². The Bertz CT molecular complexity index is 825. The van der Waals surface area contributed by atoms with Crippen molar-refractivity contribution in [1.82, 2.24) is 0 Å². The highest BCUT2D eigenvalue weighted by atomic mass is 19.4. The Balaban J connectivity index is 1.93. The number of alkyl halides is 5. The quantitative estimate of drug-likeness (QED) is 0.302. The van der Waals surface area contributed by atoms with Crippen LogP contribution in [0.3, 0.4) is 0 Å². The molecular weight excluding hydrogens is 395 g/mol. The molecular formula is C21H19F5O3. The first-order chi connectivity index (χ1) is 13.5. The van der Waals surface area contributed by atoms with Crippen LogP contribution in [0.5, 0.6) is 5.75 Å². The summed E-state index contributed by atoms with van der Waals surface area (Å²) in [6, 6.07) is 10.7. The van der Waals surface area contributed by atoms with Crippen molar-refractivity contribution in [3.63, 3.8) is 0 Å². The van der Waals surface area contributed by atoms with E-state index in [0.29, 0.717) is 18.4 Å². The molecule has 0 saturated heterocycles. The molecule has 0 aliphatic carbocycles. The van der Waals surface area contributed by atoms with E-state index in [1.54, 1.807) is 12.1 Å². The second kappa shape index (κ2) is 9.54. The van der Waals surface area contributed by atoms with Crippen LogP contribution >= 0.6 is 0 Å². The fourth-order valence-electron chi connectivity index (χ4n) is 2.54. The number of aryl methyl sites for hydroxylation is 1. The molecule has 1 N–H and O–H groups in total. The molecule has 0 atom stereocenters. The van der Waals surface area contributed by atoms with E-state index in [9.17, 15) is 26.7 Å². The summed E-state index contributed by atoms with van der Waals surface area (Å²) in [6.07, 6.45) is -5.68. The van der Waals surface area contributed by atoms with Crippen LogP contribution < -0.4 is 4.74 Å². The SMILES string of the molecule is O=C(O)/C=C/c1ccc(C(F)(F)Oc2ccc(CCCCC(F)(F)F)cc2)cc1. The van der Waals surface area contributed by atoms with E-state index < -0.39 is 30.2 Å². The molecule has 0 heterocycles. The number of unbranched alkanes of at least 4 members (excludes halogenated alkanes) is 1. The predicted molar refractivity (Wildman–Crippen MR) is 97.7 cm³/mol. The number of hydrogen-bond acceptors (Lipinski definition) is 2. The molecule has 0 fully saturated rings. The maximum absolute atomic E-state index is 14.3. The smallest absolute Gasteiger partial charge is 0.426 e. The lowest BCUT2D eigenvalue weighted by molar-refractivity contribution is -0.185. The summed E-state index contributed by atoms with van der Waals surface area (Å²) in [5, 5.41) is 8.56. The third kappa shape index (κ3) is 7.93. The maximum atomic E-state index is 14.3. The fraction of sp³-hybridized carbons (Fsp3) is 0.286. The van der Waals surface area contributed by atoms with Crippen LogP contribution in [0, 0.1) is 0 Å². The monoisotopic (exact) mass is 414 g/mol. The van der Waals surface area contributed by atoms with Gasteiger partial charge in [-0.1, -0.05) is 24.3 Å². The molecule has 0 aromatic heterocycles. The molecule has 2 aromatic carbocycles. The van der Waals surface area contributed by atoms with Gasteiger partial charge in [-0.25, -0.2) is 4.79 Å². The Hall–Kier alpha value is -2.90. The molecule has 0 unspecified atom stereocenters. The second-order valence-electron chi connectivity index (χ2n) is 6.38. The van der Waals surface area contributed by atoms with Gasteiger partial charge in [-0.3, -0.25) is 0 Å². The summed E-state index contributed by atoms with van der Waals surface area (Å²) >= 11 is 0. The first-order valence-corrected chi connectivity index (χ1v) is 8.79. The van der Waals surface area contributed by atoms with Crippen LogP contribution in [0.15, 0.2) is 54.6 Å². The molecule has 2 rings (SSSR count). The number of halogens is 5. The second-order valence-corrected chi connectivity index (χ2v) is 6.38. The van der Waals surface area contributed by atoms with Crippen molar-refractivity contribution in [3.05, 3.63) is 71.3 Å². The van der Waals surface area contributed by atoms with Gasteiger partial charge in [0.15, 0.2) is 0 Å². The first kappa shape index (κ1) is 22.4. The number of carboxylic acid groups (broad SMARTS) is 1. The predicted octanol–water partition coefficient (Wildman–Crippen LogP) is 6.19. The molecule has 0 spiro atoms. The normalized spacial score (nSPS) is 12.3. The Morgan fingerprint density at radius 3 is 2.10 bits per heavy atom. The van der Waals surface area contributed by atoms with E-state index in [0.717, 1.165) is 23.8 Å². The highest BCUT2D eigenvalue weighted by Crippen LogP contribution is 2.32. The summed E-state index contributed by atoms with van der Waals surface area (Å²) in [4.78, 5) is 10.5. The van der Waals surface area contributed by atoms with E-state index in [-0.39, 0.29) is 12.2 Å². The topological polar surface area (TPSA) is 46.5 Å². The van der Waals surface area contributed by atoms with Crippen molar-refractivity contribution >= 4 is 12.0 Å². The lowest BCUT2D eigenvalue weighted by Crippen LogP contribution is -2.21. The van der Waals surface area contributed by atoms with Gasteiger partial charge in [0.05, 0.1) is 5.56 Å². The zero-order chi connectivity index (χ0) is 21.5. The molecule has 0 amide bonds. The first-order valence-electron chi connectivity index (χ1n) is 8.79. The molecule has 156 valence electrons. The van der Waals surface area contributed by atoms with Gasteiger partial charge < -0.3 is 9.84 Å². The maximum Gasteiger partial charge on any atom is 0.426 e. The van der Waals surface area contributed by atoms with Gasteiger partial charge in [0, 0.05) is 12.5 Å². The summed E-state index contributed by atoms with van der Waals surface area (Å²) in [5.41, 5.74) is 0.778. The highest BCUT2D eigenvalue weighted by molar-refractivity contribution is 5.85. The standard InChI is InChI=1S/C21H19F5O3/c22-20(23,24)14-2-1-3-15-6-11-18(12-7-15)29-21(25,26)17-9-4-16(5-10-17)8-13-19(27)28/h4-13H,1-3,14H2,(H,27,28)/b13-8+. The van der Waals surface area contributed by atoms with Gasteiger partial charge in [0.1, 0.15) is 5.75 Å². The largest absolute Gasteiger partial charge is 0.478 e. The zero-order valence-electron chi connectivity index (χ0n) is 15.3. The fourth-order valence-corrected chi connectivity index (χ4v) is 2.54. The minimum Gasteiger partial charge on any atom is -0.478 e. The Labute approximate surface area is 164 Å². The Morgan fingerprint density at radius 2 is 1.55 bits per heavy atom. The molecule has 0 aliphatic rings. The number of hydrogen-bond donors (Lipinski definition) is 1. The minimum atomic E-state index is -4.17. The van der Waals surface area contributed by atoms with E-state index in [4.69, 9.17) is 9.84 Å². The number of rotatable bonds is 9. The van der Waals surface area contributed by atoms with Gasteiger partial charge in [0.25, 0.3) is 0 Å². The average Bonchev–Trinajstić information content (AvgIpc) is 2.64. The van der Waals surface area contributed by atoms with Crippen LogP contribution in [0.4, 0.5) is 22.0 Å². The van der Waals surface area contributed by atoms with Crippen molar-refractivity contribution in [2.75, 3.05) is 0 Å². The molecule has 2 aromatic rings. The van der Waals surface area contributed by atoms with E-state index in [1.165, 1.54) is 30.3 Å². The van der Waals surface area contributed by atoms with Gasteiger partial charge >= 0.3 is 18.3 Å². The number of carbonyl (C=O) groups is 1. The molecule has 3 nitrogen and oxygen atoms in total. The molecule has 29 heavy (non-hydrogen) atoms. The Morgan fingerprint density at radius 1 is 0.931 bits per heavy atom. The van der Waals surface area contributed by atoms with Crippen molar-refractivity contribution < 1.29 is 36.6 Å². The summed E-state index contributed by atoms with van der Waals surface area (Å²) in [7, 11) is 0. The van der Waals surface area contributed by atoms with E-state index in [2.05, 4.69) is 0 Å². The average molecular weight is 414 g/mol. The molecule has 0 saturated carbocycles. The lowest BCUT2D eigenvalue weighted by atomic mass is 10.1. The summed E-state index contributed by atoms with van der Waals surface area (Å²) < 4.78 is 69.7.